The van der Waals surface area contributed by atoms with Crippen LogP contribution in [-0.4, -0.2) is 54.6 Å². The van der Waals surface area contributed by atoms with Crippen molar-refractivity contribution >= 4 is 40.3 Å². The van der Waals surface area contributed by atoms with Crippen LogP contribution in [0, 0.1) is 0 Å². The number of carbonyl (C=O) groups excluding carboxylic acids is 4. The number of hydrogen-bond acceptors (Lipinski definition) is 6. The van der Waals surface area contributed by atoms with Crippen LogP contribution in [-0.2, 0) is 9.53 Å². The molecule has 1 aromatic carbocycles. The van der Waals surface area contributed by atoms with E-state index in [4.69, 9.17) is 16.2 Å². The van der Waals surface area contributed by atoms with Gasteiger partial charge in [0.2, 0.25) is 0 Å². The summed E-state index contributed by atoms with van der Waals surface area (Å²) in [5.74, 6) is -1.37. The van der Waals surface area contributed by atoms with Gasteiger partial charge in [-0.25, -0.2) is 14.4 Å². The Kier molecular flexibility index (Phi) is 5.98. The molecule has 10 nitrogen and oxygen atoms in total. The van der Waals surface area contributed by atoms with Crippen molar-refractivity contribution in [3.05, 3.63) is 42.0 Å². The molecule has 1 aliphatic heterocycles. The Balaban J connectivity index is 1.87. The molecule has 11 heteroatoms. The molecule has 1 aromatic heterocycles. The van der Waals surface area contributed by atoms with E-state index in [1.165, 1.54) is 4.90 Å². The van der Waals surface area contributed by atoms with E-state index in [1.54, 1.807) is 6.07 Å². The number of primary amides is 2. The lowest BCUT2D eigenvalue weighted by Gasteiger charge is -2.21. The number of hydrogen-bond donors (Lipinski definition) is 4. The zero-order valence-electron chi connectivity index (χ0n) is 15.2. The standard InChI is InChI=1S/C18H19N5O5S/c19-17(26)22-15-11(8-13(29-15)10-4-2-1-3-5-10)16(25)28-12-9-23(18(20)27)7-6-21-14(12)24/h1-5,8,12H,6-7,9H2,(H2,20,27)(H,21,24)(H3,19,22,26). The summed E-state index contributed by atoms with van der Waals surface area (Å²) >= 11 is 1.14. The summed E-state index contributed by atoms with van der Waals surface area (Å²) in [6, 6.07) is 9.20. The van der Waals surface area contributed by atoms with Gasteiger partial charge in [-0.2, -0.15) is 0 Å². The fraction of sp³-hybridized carbons (Fsp3) is 0.222. The Labute approximate surface area is 169 Å². The second-order valence-electron chi connectivity index (χ2n) is 6.18. The van der Waals surface area contributed by atoms with Gasteiger partial charge < -0.3 is 26.4 Å². The van der Waals surface area contributed by atoms with E-state index in [9.17, 15) is 19.2 Å². The number of nitrogens with zero attached hydrogens (tertiary/aromatic N) is 1. The van der Waals surface area contributed by atoms with Gasteiger partial charge in [0.05, 0.1) is 12.1 Å². The van der Waals surface area contributed by atoms with E-state index in [1.807, 2.05) is 30.3 Å². The van der Waals surface area contributed by atoms with E-state index in [0.717, 1.165) is 16.9 Å². The molecule has 3 rings (SSSR count). The predicted octanol–water partition coefficient (Wildman–Crippen LogP) is 0.942. The average molecular weight is 417 g/mol. The van der Waals surface area contributed by atoms with Crippen molar-refractivity contribution in [1.29, 1.82) is 0 Å². The first-order valence-corrected chi connectivity index (χ1v) is 9.45. The number of nitrogens with one attached hydrogen (secondary N) is 2. The van der Waals surface area contributed by atoms with Crippen LogP contribution in [0.25, 0.3) is 10.4 Å². The number of carbonyl (C=O) groups is 4. The Morgan fingerprint density at radius 3 is 2.59 bits per heavy atom. The molecule has 1 saturated heterocycles. The van der Waals surface area contributed by atoms with E-state index in [2.05, 4.69) is 10.6 Å². The monoisotopic (exact) mass is 417 g/mol. The van der Waals surface area contributed by atoms with E-state index >= 15 is 0 Å². The summed E-state index contributed by atoms with van der Waals surface area (Å²) in [4.78, 5) is 49.7. The Bertz CT molecular complexity index is 945. The maximum absolute atomic E-state index is 12.8. The molecule has 0 saturated carbocycles. The average Bonchev–Trinajstić information content (AvgIpc) is 3.00. The molecule has 0 bridgehead atoms. The molecular weight excluding hydrogens is 398 g/mol. The first kappa shape index (κ1) is 20.1. The van der Waals surface area contributed by atoms with Gasteiger partial charge in [0.15, 0.2) is 6.10 Å². The summed E-state index contributed by atoms with van der Waals surface area (Å²) in [5, 5.41) is 5.16. The number of urea groups is 2. The summed E-state index contributed by atoms with van der Waals surface area (Å²) in [6.45, 7) is 0.238. The number of thiophene rings is 1. The first-order valence-electron chi connectivity index (χ1n) is 8.64. The van der Waals surface area contributed by atoms with Crippen LogP contribution in [0.2, 0.25) is 0 Å². The van der Waals surface area contributed by atoms with Gasteiger partial charge in [-0.1, -0.05) is 30.3 Å². The number of amides is 5. The molecule has 1 unspecified atom stereocenters. The topological polar surface area (TPSA) is 157 Å². The number of benzene rings is 1. The molecule has 2 heterocycles. The van der Waals surface area contributed by atoms with Crippen molar-refractivity contribution in [2.75, 3.05) is 25.0 Å². The fourth-order valence-electron chi connectivity index (χ4n) is 2.78. The van der Waals surface area contributed by atoms with E-state index in [-0.39, 0.29) is 30.2 Å². The number of ether oxygens (including phenoxy) is 1. The van der Waals surface area contributed by atoms with E-state index in [0.29, 0.717) is 4.88 Å². The van der Waals surface area contributed by atoms with Crippen LogP contribution in [0.5, 0.6) is 0 Å². The minimum absolute atomic E-state index is 0.0512. The SMILES string of the molecule is NC(=O)Nc1sc(-c2ccccc2)cc1C(=O)OC1CN(C(N)=O)CCNC1=O. The van der Waals surface area contributed by atoms with Crippen molar-refractivity contribution in [2.45, 2.75) is 6.10 Å². The first-order chi connectivity index (χ1) is 13.8. The minimum Gasteiger partial charge on any atom is -0.447 e. The number of anilines is 1. The molecule has 29 heavy (non-hydrogen) atoms. The lowest BCUT2D eigenvalue weighted by Crippen LogP contribution is -2.44. The highest BCUT2D eigenvalue weighted by molar-refractivity contribution is 7.20. The highest BCUT2D eigenvalue weighted by Gasteiger charge is 2.31. The van der Waals surface area contributed by atoms with Crippen molar-refractivity contribution in [3.63, 3.8) is 0 Å². The van der Waals surface area contributed by atoms with Crippen LogP contribution in [0.4, 0.5) is 14.6 Å². The van der Waals surface area contributed by atoms with Crippen LogP contribution in [0.1, 0.15) is 10.4 Å². The fourth-order valence-corrected chi connectivity index (χ4v) is 3.83. The van der Waals surface area contributed by atoms with Crippen molar-refractivity contribution in [3.8, 4) is 10.4 Å². The lowest BCUT2D eigenvalue weighted by atomic mass is 10.1. The number of rotatable bonds is 4. The molecule has 1 fully saturated rings. The molecule has 1 aliphatic rings. The van der Waals surface area contributed by atoms with Gasteiger partial charge in [-0.05, 0) is 11.6 Å². The predicted molar refractivity (Wildman–Crippen MR) is 106 cm³/mol. The summed E-state index contributed by atoms with van der Waals surface area (Å²) in [7, 11) is 0. The Morgan fingerprint density at radius 1 is 1.21 bits per heavy atom. The molecule has 1 atom stereocenters. The zero-order valence-corrected chi connectivity index (χ0v) is 16.0. The van der Waals surface area contributed by atoms with Gasteiger partial charge in [-0.3, -0.25) is 10.1 Å². The van der Waals surface area contributed by atoms with Crippen molar-refractivity contribution in [1.82, 2.24) is 10.2 Å². The highest BCUT2D eigenvalue weighted by Crippen LogP contribution is 2.36. The molecule has 0 radical (unpaired) electrons. The van der Waals surface area contributed by atoms with Crippen LogP contribution < -0.4 is 22.1 Å². The highest BCUT2D eigenvalue weighted by atomic mass is 32.1. The third-order valence-corrected chi connectivity index (χ3v) is 5.27. The third kappa shape index (κ3) is 4.82. The van der Waals surface area contributed by atoms with Gasteiger partial charge in [0.1, 0.15) is 5.00 Å². The van der Waals surface area contributed by atoms with E-state index < -0.39 is 30.0 Å². The number of esters is 1. The second-order valence-corrected chi connectivity index (χ2v) is 7.23. The lowest BCUT2D eigenvalue weighted by molar-refractivity contribution is -0.129. The Morgan fingerprint density at radius 2 is 1.93 bits per heavy atom. The zero-order chi connectivity index (χ0) is 21.0. The van der Waals surface area contributed by atoms with Gasteiger partial charge in [-0.15, -0.1) is 11.3 Å². The summed E-state index contributed by atoms with van der Waals surface area (Å²) in [5.41, 5.74) is 11.4. The molecule has 0 spiro atoms. The summed E-state index contributed by atoms with van der Waals surface area (Å²) in [6.07, 6.45) is -1.24. The smallest absolute Gasteiger partial charge is 0.342 e. The maximum Gasteiger partial charge on any atom is 0.342 e. The quantitative estimate of drug-likeness (QED) is 0.545. The largest absolute Gasteiger partial charge is 0.447 e. The molecule has 5 amide bonds. The molecular formula is C18H19N5O5S. The van der Waals surface area contributed by atoms with Crippen LogP contribution in [0.3, 0.4) is 0 Å². The molecule has 2 aromatic rings. The van der Waals surface area contributed by atoms with Crippen molar-refractivity contribution in [2.24, 2.45) is 11.5 Å². The van der Waals surface area contributed by atoms with Gasteiger partial charge in [0.25, 0.3) is 5.91 Å². The van der Waals surface area contributed by atoms with Gasteiger partial charge in [0, 0.05) is 18.0 Å². The normalized spacial score (nSPS) is 16.5. The Hall–Kier alpha value is -3.60. The van der Waals surface area contributed by atoms with Crippen LogP contribution in [0.15, 0.2) is 36.4 Å². The second kappa shape index (κ2) is 8.61. The minimum atomic E-state index is -1.24. The van der Waals surface area contributed by atoms with Crippen LogP contribution >= 0.6 is 11.3 Å². The molecule has 0 aliphatic carbocycles. The number of nitrogens with two attached hydrogens (primary N) is 2. The molecule has 6 N–H and O–H groups in total. The van der Waals surface area contributed by atoms with Crippen molar-refractivity contribution < 1.29 is 23.9 Å². The maximum atomic E-state index is 12.8. The third-order valence-electron chi connectivity index (χ3n) is 4.17. The summed E-state index contributed by atoms with van der Waals surface area (Å²) < 4.78 is 5.34. The van der Waals surface area contributed by atoms with Gasteiger partial charge >= 0.3 is 18.0 Å². The molecule has 152 valence electrons.